The molecule has 0 radical (unpaired) electrons. The highest BCUT2D eigenvalue weighted by Gasteiger charge is 2.75. The number of hydrogen-bond acceptors (Lipinski definition) is 4. The van der Waals surface area contributed by atoms with Gasteiger partial charge in [-0.1, -0.05) is 66.5 Å². The Balaban J connectivity index is 1.47. The number of benzene rings is 2. The van der Waals surface area contributed by atoms with Gasteiger partial charge in [-0.15, -0.1) is 0 Å². The molecule has 6 rings (SSSR count). The number of fused-ring (bicyclic) bond motifs is 2. The van der Waals surface area contributed by atoms with E-state index in [1.54, 1.807) is 14.2 Å². The molecule has 6 atom stereocenters. The Bertz CT molecular complexity index is 1140. The summed E-state index contributed by atoms with van der Waals surface area (Å²) >= 11 is 0. The molecule has 0 saturated heterocycles. The van der Waals surface area contributed by atoms with Crippen molar-refractivity contribution in [2.45, 2.75) is 91.3 Å². The molecule has 4 heteroatoms. The van der Waals surface area contributed by atoms with Gasteiger partial charge in [0.25, 0.3) is 0 Å². The summed E-state index contributed by atoms with van der Waals surface area (Å²) in [5, 5.41) is 0. The van der Waals surface area contributed by atoms with Crippen molar-refractivity contribution in [2.75, 3.05) is 14.2 Å². The van der Waals surface area contributed by atoms with E-state index in [4.69, 9.17) is 18.9 Å². The van der Waals surface area contributed by atoms with Crippen LogP contribution < -0.4 is 18.9 Å². The minimum absolute atomic E-state index is 0.143. The minimum atomic E-state index is -0.143. The maximum absolute atomic E-state index is 7.18. The third kappa shape index (κ3) is 3.47. The summed E-state index contributed by atoms with van der Waals surface area (Å²) in [7, 11) is 3.48. The van der Waals surface area contributed by atoms with Crippen LogP contribution in [0.2, 0.25) is 0 Å². The first-order valence-electron chi connectivity index (χ1n) is 14.7. The summed E-state index contributed by atoms with van der Waals surface area (Å²) in [6.45, 7) is 14.3. The third-order valence-electron chi connectivity index (χ3n) is 11.3. The quantitative estimate of drug-likeness (QED) is 0.368. The fourth-order valence-electron chi connectivity index (χ4n) is 8.89. The second-order valence-corrected chi connectivity index (χ2v) is 14.0. The van der Waals surface area contributed by atoms with Gasteiger partial charge >= 0.3 is 0 Å². The fraction of sp³-hybridized carbons (Fsp3) is 0.647. The van der Waals surface area contributed by atoms with Crippen molar-refractivity contribution in [3.05, 3.63) is 36.4 Å². The second kappa shape index (κ2) is 8.57. The van der Waals surface area contributed by atoms with E-state index < -0.39 is 0 Å². The van der Waals surface area contributed by atoms with E-state index in [9.17, 15) is 0 Å². The molecule has 0 aliphatic heterocycles. The summed E-state index contributed by atoms with van der Waals surface area (Å²) in [4.78, 5) is 0. The summed E-state index contributed by atoms with van der Waals surface area (Å²) in [5.74, 6) is 5.78. The maximum atomic E-state index is 7.18. The predicted molar refractivity (Wildman–Crippen MR) is 152 cm³/mol. The Kier molecular flexibility index (Phi) is 5.84. The first-order chi connectivity index (χ1) is 18.0. The van der Waals surface area contributed by atoms with Gasteiger partial charge < -0.3 is 18.9 Å². The molecule has 206 valence electrons. The van der Waals surface area contributed by atoms with Crippen molar-refractivity contribution in [3.63, 3.8) is 0 Å². The summed E-state index contributed by atoms with van der Waals surface area (Å²) in [6, 6.07) is 12.4. The number of rotatable bonds is 7. The third-order valence-corrected chi connectivity index (χ3v) is 11.3. The van der Waals surface area contributed by atoms with Crippen molar-refractivity contribution in [2.24, 2.45) is 34.5 Å². The molecule has 4 nitrogen and oxygen atoms in total. The lowest BCUT2D eigenvalue weighted by Crippen LogP contribution is -2.31. The Morgan fingerprint density at radius 3 is 1.32 bits per heavy atom. The monoisotopic (exact) mass is 518 g/mol. The lowest BCUT2D eigenvalue weighted by Gasteiger charge is -2.32. The molecule has 2 aromatic rings. The average Bonchev–Trinajstić information content (AvgIpc) is 3.57. The van der Waals surface area contributed by atoms with E-state index in [0.29, 0.717) is 23.7 Å². The molecule has 0 amide bonds. The van der Waals surface area contributed by atoms with E-state index in [-0.39, 0.29) is 22.0 Å². The SMILES string of the molecule is COc1cccc(OC23CC(C)CCC2C3(C)C)c1-c1c(OC)cccc1OC12CC(C)CCC1C2(C)C. The molecule has 0 spiro atoms. The second-order valence-electron chi connectivity index (χ2n) is 14.0. The summed E-state index contributed by atoms with van der Waals surface area (Å²) in [5.41, 5.74) is 1.89. The molecule has 2 aromatic carbocycles. The smallest absolute Gasteiger partial charge is 0.132 e. The fourth-order valence-corrected chi connectivity index (χ4v) is 8.89. The zero-order valence-electron chi connectivity index (χ0n) is 24.6. The summed E-state index contributed by atoms with van der Waals surface area (Å²) in [6.07, 6.45) is 7.21. The maximum Gasteiger partial charge on any atom is 0.132 e. The Morgan fingerprint density at radius 1 is 0.579 bits per heavy atom. The van der Waals surface area contributed by atoms with Crippen LogP contribution in [0.4, 0.5) is 0 Å². The highest BCUT2D eigenvalue weighted by molar-refractivity contribution is 5.86. The van der Waals surface area contributed by atoms with Crippen LogP contribution in [0.25, 0.3) is 11.1 Å². The number of hydrogen-bond donors (Lipinski definition) is 0. The van der Waals surface area contributed by atoms with Crippen LogP contribution in [-0.4, -0.2) is 25.4 Å². The topological polar surface area (TPSA) is 36.9 Å². The summed E-state index contributed by atoms with van der Waals surface area (Å²) < 4.78 is 26.3. The molecule has 4 saturated carbocycles. The van der Waals surface area contributed by atoms with Gasteiger partial charge in [-0.05, 0) is 61.8 Å². The van der Waals surface area contributed by atoms with E-state index in [1.807, 2.05) is 24.3 Å². The van der Waals surface area contributed by atoms with Crippen LogP contribution in [0.1, 0.15) is 80.1 Å². The largest absolute Gasteiger partial charge is 0.496 e. The standard InChI is InChI=1S/C34H46O4/c1-21-15-17-27-31(3,4)33(27,19-21)37-25-13-9-11-23(35-7)29(25)30-24(36-8)12-10-14-26(30)38-34-20-22(2)16-18-28(34)32(34,5)6/h9-14,21-22,27-28H,15-20H2,1-8H3. The van der Waals surface area contributed by atoms with Crippen LogP contribution >= 0.6 is 0 Å². The van der Waals surface area contributed by atoms with Crippen LogP contribution in [0.3, 0.4) is 0 Å². The van der Waals surface area contributed by atoms with Gasteiger partial charge in [0.15, 0.2) is 0 Å². The molecule has 6 unspecified atom stereocenters. The van der Waals surface area contributed by atoms with Crippen molar-refractivity contribution in [1.82, 2.24) is 0 Å². The molecule has 4 fully saturated rings. The normalized spacial score (nSPS) is 35.9. The van der Waals surface area contributed by atoms with E-state index in [0.717, 1.165) is 47.0 Å². The first-order valence-corrected chi connectivity index (χ1v) is 14.7. The number of ether oxygens (including phenoxy) is 4. The van der Waals surface area contributed by atoms with Crippen molar-refractivity contribution >= 4 is 0 Å². The van der Waals surface area contributed by atoms with Crippen molar-refractivity contribution < 1.29 is 18.9 Å². The van der Waals surface area contributed by atoms with Crippen LogP contribution in [0.15, 0.2) is 36.4 Å². The van der Waals surface area contributed by atoms with Gasteiger partial charge in [0.2, 0.25) is 0 Å². The molecule has 0 heterocycles. The van der Waals surface area contributed by atoms with E-state index in [1.165, 1.54) is 25.7 Å². The van der Waals surface area contributed by atoms with Crippen LogP contribution in [0, 0.1) is 34.5 Å². The van der Waals surface area contributed by atoms with Crippen LogP contribution in [-0.2, 0) is 0 Å². The van der Waals surface area contributed by atoms with Crippen molar-refractivity contribution in [1.29, 1.82) is 0 Å². The predicted octanol–water partition coefficient (Wildman–Crippen LogP) is 8.56. The van der Waals surface area contributed by atoms with Crippen molar-refractivity contribution in [3.8, 4) is 34.1 Å². The molecule has 38 heavy (non-hydrogen) atoms. The van der Waals surface area contributed by atoms with E-state index >= 15 is 0 Å². The van der Waals surface area contributed by atoms with Gasteiger partial charge in [-0.3, -0.25) is 0 Å². The van der Waals surface area contributed by atoms with Gasteiger partial charge in [-0.2, -0.15) is 0 Å². The lowest BCUT2D eigenvalue weighted by atomic mass is 9.88. The Labute approximate surface area is 229 Å². The molecule has 0 N–H and O–H groups in total. The highest BCUT2D eigenvalue weighted by Crippen LogP contribution is 2.72. The molecule has 0 bridgehead atoms. The Hall–Kier alpha value is -2.36. The zero-order valence-corrected chi connectivity index (χ0v) is 24.6. The van der Waals surface area contributed by atoms with Crippen LogP contribution in [0.5, 0.6) is 23.0 Å². The van der Waals surface area contributed by atoms with Gasteiger partial charge in [0.1, 0.15) is 34.2 Å². The average molecular weight is 519 g/mol. The molecular formula is C34H46O4. The lowest BCUT2D eigenvalue weighted by molar-refractivity contribution is 0.0828. The minimum Gasteiger partial charge on any atom is -0.496 e. The molecule has 4 aliphatic carbocycles. The number of methoxy groups -OCH3 is 2. The first kappa shape index (κ1) is 25.9. The van der Waals surface area contributed by atoms with E-state index in [2.05, 4.69) is 53.7 Å². The van der Waals surface area contributed by atoms with Gasteiger partial charge in [0.05, 0.1) is 25.3 Å². The van der Waals surface area contributed by atoms with Gasteiger partial charge in [-0.25, -0.2) is 0 Å². The zero-order chi connectivity index (χ0) is 27.1. The molecule has 4 aliphatic rings. The van der Waals surface area contributed by atoms with Gasteiger partial charge in [0, 0.05) is 22.7 Å². The molecule has 0 aromatic heterocycles. The molecular weight excluding hydrogens is 472 g/mol. The highest BCUT2D eigenvalue weighted by atomic mass is 16.5. The Morgan fingerprint density at radius 2 is 0.947 bits per heavy atom.